The van der Waals surface area contributed by atoms with Gasteiger partial charge in [0.25, 0.3) is 5.91 Å². The van der Waals surface area contributed by atoms with E-state index in [2.05, 4.69) is 51.3 Å². The molecule has 3 amide bonds. The summed E-state index contributed by atoms with van der Waals surface area (Å²) in [5, 5.41) is 15.3. The van der Waals surface area contributed by atoms with E-state index in [4.69, 9.17) is 16.3 Å². The third kappa shape index (κ3) is 9.74. The number of rotatable bonds is 12. The molecule has 4 N–H and O–H groups in total. The van der Waals surface area contributed by atoms with Crippen LogP contribution >= 0.6 is 11.6 Å². The van der Waals surface area contributed by atoms with Crippen molar-refractivity contribution in [2.24, 2.45) is 23.2 Å². The van der Waals surface area contributed by atoms with Crippen LogP contribution in [0.2, 0.25) is 5.02 Å². The van der Waals surface area contributed by atoms with Gasteiger partial charge in [-0.15, -0.1) is 0 Å². The largest absolute Gasteiger partial charge is 0.417 e. The number of aliphatic hydroxyl groups is 1. The first-order chi connectivity index (χ1) is 29.7. The lowest BCUT2D eigenvalue weighted by molar-refractivity contribution is -0.145. The van der Waals surface area contributed by atoms with E-state index in [0.717, 1.165) is 12.5 Å². The van der Waals surface area contributed by atoms with Crippen LogP contribution in [0.5, 0.6) is 0 Å². The molecule has 13 nitrogen and oxygen atoms in total. The molecule has 7 atom stereocenters. The van der Waals surface area contributed by atoms with Crippen LogP contribution in [0.3, 0.4) is 0 Å². The lowest BCUT2D eigenvalue weighted by Crippen LogP contribution is -2.59. The van der Waals surface area contributed by atoms with Gasteiger partial charge in [-0.25, -0.2) is 9.97 Å². The van der Waals surface area contributed by atoms with Crippen LogP contribution in [0.4, 0.5) is 24.7 Å². The quantitative estimate of drug-likeness (QED) is 0.104. The first-order valence-corrected chi connectivity index (χ1v) is 21.7. The molecule has 338 valence electrons. The number of ether oxygens (including phenoxy) is 1. The van der Waals surface area contributed by atoms with E-state index in [1.54, 1.807) is 47.5 Å². The third-order valence-electron chi connectivity index (χ3n) is 12.7. The molecule has 0 bridgehead atoms. The molecule has 2 aromatic heterocycles. The van der Waals surface area contributed by atoms with Gasteiger partial charge in [-0.2, -0.15) is 13.2 Å². The topological polar surface area (TPSA) is 156 Å². The van der Waals surface area contributed by atoms with Crippen molar-refractivity contribution in [2.45, 2.75) is 98.1 Å². The van der Waals surface area contributed by atoms with Crippen molar-refractivity contribution < 1.29 is 37.4 Å². The number of anilines is 2. The number of H-pyrrole nitrogens is 1. The Morgan fingerprint density at radius 1 is 0.952 bits per heavy atom. The minimum absolute atomic E-state index is 0.0208. The molecular formula is C46H56ClF3N8O5. The molecule has 1 unspecified atom stereocenters. The van der Waals surface area contributed by atoms with E-state index in [-0.39, 0.29) is 80.5 Å². The molecule has 4 aromatic rings. The highest BCUT2D eigenvalue weighted by atomic mass is 35.5. The Labute approximate surface area is 370 Å². The van der Waals surface area contributed by atoms with Crippen molar-refractivity contribution in [3.05, 3.63) is 82.9 Å². The predicted octanol–water partition coefficient (Wildman–Crippen LogP) is 7.98. The van der Waals surface area contributed by atoms with Crippen molar-refractivity contribution in [1.82, 2.24) is 30.1 Å². The number of nitrogens with one attached hydrogen (secondary N) is 3. The first kappa shape index (κ1) is 46.0. The smallest absolute Gasteiger partial charge is 0.356 e. The fourth-order valence-corrected chi connectivity index (χ4v) is 9.06. The highest BCUT2D eigenvalue weighted by molar-refractivity contribution is 6.34. The maximum atomic E-state index is 14.7. The number of aromatic nitrogens is 3. The Balaban J connectivity index is 1.04. The Kier molecular flexibility index (Phi) is 13.0. The summed E-state index contributed by atoms with van der Waals surface area (Å²) in [4.78, 5) is 58.5. The molecule has 3 aliphatic rings. The van der Waals surface area contributed by atoms with Gasteiger partial charge in [0.1, 0.15) is 11.6 Å². The maximum Gasteiger partial charge on any atom is 0.417 e. The number of pyridine rings is 1. The summed E-state index contributed by atoms with van der Waals surface area (Å²) in [6.07, 6.45) is -1.53. The standard InChI is InChI=1S/C46H56ClF3N8O5/c1-24(2)39(55-44(62)63-8)43(61)58-21-25(3)15-37(58)40-52-20-36(53-40)29-11-9-28(10-12-29)31-16-34(47)35(17-32(31)46(48,49)50)54-41(59)30-13-14-38(51-19-30)56-22-27(5)57(23-26(56)4)42(60)33-18-45(33,6)7/h9-14,16-17,19-20,24-27,33,37,39,44,55,62H,15,18,21-23H2,1-8H3,(H,52,53)(H,54,59)/t25-,26+,27-,33+,37-,39-,44?/m0/s1. The van der Waals surface area contributed by atoms with Crippen LogP contribution < -0.4 is 15.5 Å². The summed E-state index contributed by atoms with van der Waals surface area (Å²) in [5.41, 5.74) is 0.347. The average molecular weight is 893 g/mol. The SMILES string of the molecule is COC(O)N[C@H](C(=O)N1C[C@@H](C)C[C@H]1c1ncc(-c2ccc(-c3cc(Cl)c(NC(=O)c4ccc(N5C[C@H](C)N(C(=O)[C@H]6CC6(C)C)C[C@H]5C)nc4)cc3C(F)(F)F)cc2)[nH]1)C(C)C. The van der Waals surface area contributed by atoms with Gasteiger partial charge in [0.15, 0.2) is 0 Å². The summed E-state index contributed by atoms with van der Waals surface area (Å²) in [6.45, 7) is 15.7. The molecule has 4 heterocycles. The van der Waals surface area contributed by atoms with Crippen molar-refractivity contribution in [1.29, 1.82) is 0 Å². The molecule has 0 spiro atoms. The zero-order chi connectivity index (χ0) is 45.7. The fraction of sp³-hybridized carbons (Fsp3) is 0.500. The molecule has 2 aliphatic heterocycles. The summed E-state index contributed by atoms with van der Waals surface area (Å²) in [7, 11) is 1.34. The van der Waals surface area contributed by atoms with E-state index in [1.165, 1.54) is 19.4 Å². The molecule has 63 heavy (non-hydrogen) atoms. The number of piperazine rings is 1. The molecule has 2 aromatic carbocycles. The monoisotopic (exact) mass is 892 g/mol. The van der Waals surface area contributed by atoms with Crippen molar-refractivity contribution in [3.63, 3.8) is 0 Å². The molecule has 1 aliphatic carbocycles. The number of benzene rings is 2. The second-order valence-corrected chi connectivity index (χ2v) is 18.8. The number of amides is 3. The minimum Gasteiger partial charge on any atom is -0.356 e. The van der Waals surface area contributed by atoms with E-state index in [9.17, 15) is 32.7 Å². The Bertz CT molecular complexity index is 2320. The van der Waals surface area contributed by atoms with E-state index in [1.807, 2.05) is 32.6 Å². The van der Waals surface area contributed by atoms with Crippen molar-refractivity contribution in [3.8, 4) is 22.4 Å². The second kappa shape index (κ2) is 17.9. The van der Waals surface area contributed by atoms with Crippen molar-refractivity contribution in [2.75, 3.05) is 37.0 Å². The molecule has 7 rings (SSSR count). The third-order valence-corrected chi connectivity index (χ3v) is 13.0. The number of alkyl halides is 3. The van der Waals surface area contributed by atoms with E-state index in [0.29, 0.717) is 49.0 Å². The number of carbonyl (C=O) groups is 3. The fourth-order valence-electron chi connectivity index (χ4n) is 8.85. The van der Waals surface area contributed by atoms with Gasteiger partial charge in [0.05, 0.1) is 45.8 Å². The zero-order valence-corrected chi connectivity index (χ0v) is 37.5. The zero-order valence-electron chi connectivity index (χ0n) is 36.8. The Morgan fingerprint density at radius 2 is 1.63 bits per heavy atom. The van der Waals surface area contributed by atoms with Gasteiger partial charge in [-0.05, 0) is 84.9 Å². The molecular weight excluding hydrogens is 837 g/mol. The van der Waals surface area contributed by atoms with Crippen LogP contribution in [-0.4, -0.2) is 98.9 Å². The molecule has 2 saturated heterocycles. The number of aromatic amines is 1. The number of imidazole rings is 1. The number of likely N-dealkylation sites (tertiary alicyclic amines) is 1. The van der Waals surface area contributed by atoms with Gasteiger partial charge in [-0.3, -0.25) is 19.7 Å². The summed E-state index contributed by atoms with van der Waals surface area (Å²) in [5.74, 6) is 0.619. The van der Waals surface area contributed by atoms with Crippen LogP contribution in [0.25, 0.3) is 22.4 Å². The normalized spacial score (nSPS) is 23.2. The van der Waals surface area contributed by atoms with Gasteiger partial charge < -0.3 is 34.8 Å². The maximum absolute atomic E-state index is 14.7. The highest BCUT2D eigenvalue weighted by Crippen LogP contribution is 2.53. The van der Waals surface area contributed by atoms with Gasteiger partial charge in [0, 0.05) is 50.9 Å². The van der Waals surface area contributed by atoms with Gasteiger partial charge >= 0.3 is 6.18 Å². The molecule has 0 radical (unpaired) electrons. The average Bonchev–Trinajstić information content (AvgIpc) is 3.52. The summed E-state index contributed by atoms with van der Waals surface area (Å²) < 4.78 is 48.9. The Morgan fingerprint density at radius 3 is 2.24 bits per heavy atom. The van der Waals surface area contributed by atoms with Crippen LogP contribution in [0.15, 0.2) is 60.9 Å². The second-order valence-electron chi connectivity index (χ2n) is 18.4. The van der Waals surface area contributed by atoms with Gasteiger partial charge in [0.2, 0.25) is 18.2 Å². The predicted molar refractivity (Wildman–Crippen MR) is 235 cm³/mol. The summed E-state index contributed by atoms with van der Waals surface area (Å²) >= 11 is 6.57. The van der Waals surface area contributed by atoms with Crippen LogP contribution in [0.1, 0.15) is 89.1 Å². The lowest BCUT2D eigenvalue weighted by atomic mass is 9.97. The summed E-state index contributed by atoms with van der Waals surface area (Å²) in [6, 6.07) is 10.7. The first-order valence-electron chi connectivity index (χ1n) is 21.3. The number of methoxy groups -OCH3 is 1. The number of halogens is 4. The Hall–Kier alpha value is -5.03. The minimum atomic E-state index is -4.79. The molecule has 3 fully saturated rings. The van der Waals surface area contributed by atoms with Gasteiger partial charge in [-0.1, -0.05) is 70.5 Å². The van der Waals surface area contributed by atoms with Crippen LogP contribution in [0, 0.1) is 23.2 Å². The number of hydrogen-bond donors (Lipinski definition) is 4. The number of carbonyl (C=O) groups excluding carboxylic acids is 3. The number of nitrogens with zero attached hydrogens (tertiary/aromatic N) is 5. The molecule has 1 saturated carbocycles. The molecule has 17 heteroatoms. The van der Waals surface area contributed by atoms with Crippen molar-refractivity contribution >= 4 is 40.8 Å². The van der Waals surface area contributed by atoms with Crippen LogP contribution in [-0.2, 0) is 20.5 Å². The van der Waals surface area contributed by atoms with E-state index >= 15 is 0 Å². The number of hydrogen-bond acceptors (Lipinski definition) is 9. The lowest BCUT2D eigenvalue weighted by Gasteiger charge is -2.45. The highest BCUT2D eigenvalue weighted by Gasteiger charge is 2.53. The number of aliphatic hydroxyl groups excluding tert-OH is 1. The van der Waals surface area contributed by atoms with E-state index < -0.39 is 30.1 Å².